The summed E-state index contributed by atoms with van der Waals surface area (Å²) in [7, 11) is 0. The van der Waals surface area contributed by atoms with Crippen molar-refractivity contribution in [1.29, 1.82) is 5.26 Å². The van der Waals surface area contributed by atoms with Crippen molar-refractivity contribution >= 4 is 45.2 Å². The van der Waals surface area contributed by atoms with E-state index in [9.17, 15) is 4.79 Å². The van der Waals surface area contributed by atoms with Gasteiger partial charge in [0, 0.05) is 11.4 Å². The number of nitriles is 1. The summed E-state index contributed by atoms with van der Waals surface area (Å²) in [5, 5.41) is 11.5. The predicted octanol–water partition coefficient (Wildman–Crippen LogP) is 4.55. The third-order valence-corrected chi connectivity index (χ3v) is 5.76. The number of para-hydroxylation sites is 1. The zero-order chi connectivity index (χ0) is 16.9. The number of rotatable bonds is 3. The van der Waals surface area contributed by atoms with Gasteiger partial charge in [0.2, 0.25) is 5.91 Å². The molecule has 1 aliphatic rings. The van der Waals surface area contributed by atoms with E-state index in [0.717, 1.165) is 15.8 Å². The maximum atomic E-state index is 12.4. The lowest BCUT2D eigenvalue weighted by Crippen LogP contribution is -2.23. The molecule has 3 rings (SSSR count). The monoisotopic (exact) mass is 353 g/mol. The third kappa shape index (κ3) is 3.99. The van der Waals surface area contributed by atoms with Crippen molar-refractivity contribution < 1.29 is 4.79 Å². The van der Waals surface area contributed by atoms with E-state index in [0.29, 0.717) is 11.3 Å². The molecule has 1 amide bonds. The third-order valence-electron chi connectivity index (χ3n) is 3.46. The van der Waals surface area contributed by atoms with Crippen molar-refractivity contribution in [2.75, 3.05) is 5.32 Å². The number of aliphatic imine (C=N–C) groups is 1. The molecule has 0 radical (unpaired) electrons. The minimum Gasteiger partial charge on any atom is -0.325 e. The van der Waals surface area contributed by atoms with Crippen LogP contribution in [0.3, 0.4) is 0 Å². The summed E-state index contributed by atoms with van der Waals surface area (Å²) in [6, 6.07) is 17.0. The van der Waals surface area contributed by atoms with Crippen molar-refractivity contribution in [3.8, 4) is 6.07 Å². The van der Waals surface area contributed by atoms with E-state index >= 15 is 0 Å². The summed E-state index contributed by atoms with van der Waals surface area (Å²) in [6.07, 6.45) is 0. The molecule has 1 aliphatic heterocycles. The molecule has 0 spiro atoms. The molecular weight excluding hydrogens is 338 g/mol. The van der Waals surface area contributed by atoms with Gasteiger partial charge in [0.05, 0.1) is 22.6 Å². The van der Waals surface area contributed by atoms with Gasteiger partial charge in [-0.3, -0.25) is 4.79 Å². The maximum Gasteiger partial charge on any atom is 0.237 e. The van der Waals surface area contributed by atoms with Gasteiger partial charge >= 0.3 is 0 Å². The Morgan fingerprint density at radius 1 is 1.33 bits per heavy atom. The molecule has 0 aromatic heterocycles. The molecule has 0 aliphatic carbocycles. The van der Waals surface area contributed by atoms with Gasteiger partial charge in [0.1, 0.15) is 4.38 Å². The van der Waals surface area contributed by atoms with Crippen LogP contribution in [0.5, 0.6) is 0 Å². The summed E-state index contributed by atoms with van der Waals surface area (Å²) in [5.74, 6) is 0.776. The Kier molecular flexibility index (Phi) is 5.24. The fourth-order valence-electron chi connectivity index (χ4n) is 2.19. The SMILES string of the molecule is C[C@H](SC1=Nc2ccccc2CS1)C(=O)Nc1cccc(C#N)c1. The van der Waals surface area contributed by atoms with Gasteiger partial charge in [-0.05, 0) is 36.8 Å². The molecule has 1 heterocycles. The van der Waals surface area contributed by atoms with Crippen molar-refractivity contribution in [2.45, 2.75) is 17.9 Å². The van der Waals surface area contributed by atoms with Crippen LogP contribution < -0.4 is 5.32 Å². The maximum absolute atomic E-state index is 12.4. The van der Waals surface area contributed by atoms with Gasteiger partial charge in [-0.15, -0.1) is 0 Å². The smallest absolute Gasteiger partial charge is 0.237 e. The van der Waals surface area contributed by atoms with Crippen LogP contribution in [0.1, 0.15) is 18.1 Å². The van der Waals surface area contributed by atoms with E-state index in [1.807, 2.05) is 25.1 Å². The summed E-state index contributed by atoms with van der Waals surface area (Å²) in [6.45, 7) is 1.86. The van der Waals surface area contributed by atoms with Crippen LogP contribution >= 0.6 is 23.5 Å². The first-order chi connectivity index (χ1) is 11.7. The highest BCUT2D eigenvalue weighted by molar-refractivity contribution is 8.39. The number of thioether (sulfide) groups is 2. The zero-order valence-corrected chi connectivity index (χ0v) is 14.7. The second-order valence-electron chi connectivity index (χ2n) is 5.24. The number of fused-ring (bicyclic) bond motifs is 1. The fourth-order valence-corrected chi connectivity index (χ4v) is 4.37. The number of carbonyl (C=O) groups excluding carboxylic acids is 1. The van der Waals surface area contributed by atoms with Crippen LogP contribution in [0.25, 0.3) is 0 Å². The number of benzene rings is 2. The van der Waals surface area contributed by atoms with Gasteiger partial charge in [-0.1, -0.05) is 47.8 Å². The molecule has 1 N–H and O–H groups in total. The lowest BCUT2D eigenvalue weighted by molar-refractivity contribution is -0.115. The molecular formula is C18H15N3OS2. The lowest BCUT2D eigenvalue weighted by Gasteiger charge is -2.17. The van der Waals surface area contributed by atoms with Crippen LogP contribution in [-0.4, -0.2) is 15.5 Å². The number of carbonyl (C=O) groups is 1. The molecule has 4 nitrogen and oxygen atoms in total. The van der Waals surface area contributed by atoms with Gasteiger partial charge < -0.3 is 5.32 Å². The number of nitrogens with one attached hydrogen (secondary N) is 1. The van der Waals surface area contributed by atoms with Crippen LogP contribution in [0.2, 0.25) is 0 Å². The molecule has 2 aromatic rings. The van der Waals surface area contributed by atoms with Gasteiger partial charge in [-0.25, -0.2) is 4.99 Å². The van der Waals surface area contributed by atoms with Gasteiger partial charge in [0.15, 0.2) is 0 Å². The van der Waals surface area contributed by atoms with Gasteiger partial charge in [-0.2, -0.15) is 5.26 Å². The Morgan fingerprint density at radius 3 is 3.00 bits per heavy atom. The normalized spacial score (nSPS) is 14.1. The van der Waals surface area contributed by atoms with Crippen LogP contribution in [0.15, 0.2) is 53.5 Å². The number of anilines is 1. The second-order valence-corrected chi connectivity index (χ2v) is 7.79. The second kappa shape index (κ2) is 7.56. The van der Waals surface area contributed by atoms with E-state index in [2.05, 4.69) is 22.4 Å². The summed E-state index contributed by atoms with van der Waals surface area (Å²) in [5.41, 5.74) is 3.36. The largest absolute Gasteiger partial charge is 0.325 e. The molecule has 0 bridgehead atoms. The molecule has 0 unspecified atom stereocenters. The Labute approximate surface area is 149 Å². The topological polar surface area (TPSA) is 65.2 Å². The number of hydrogen-bond acceptors (Lipinski definition) is 5. The van der Waals surface area contributed by atoms with E-state index in [1.54, 1.807) is 36.0 Å². The first kappa shape index (κ1) is 16.6. The Morgan fingerprint density at radius 2 is 2.17 bits per heavy atom. The number of hydrogen-bond donors (Lipinski definition) is 1. The van der Waals surface area contributed by atoms with Crippen molar-refractivity contribution in [3.63, 3.8) is 0 Å². The van der Waals surface area contributed by atoms with E-state index in [1.165, 1.54) is 17.3 Å². The molecule has 0 saturated carbocycles. The van der Waals surface area contributed by atoms with Crippen LogP contribution in [-0.2, 0) is 10.5 Å². The Balaban J connectivity index is 1.65. The molecule has 2 aromatic carbocycles. The first-order valence-corrected chi connectivity index (χ1v) is 9.29. The van der Waals surface area contributed by atoms with Crippen molar-refractivity contribution in [2.24, 2.45) is 4.99 Å². The average molecular weight is 353 g/mol. The number of amides is 1. The minimum atomic E-state index is -0.271. The Bertz CT molecular complexity index is 842. The van der Waals surface area contributed by atoms with Crippen LogP contribution in [0.4, 0.5) is 11.4 Å². The summed E-state index contributed by atoms with van der Waals surface area (Å²) in [4.78, 5) is 17.0. The van der Waals surface area contributed by atoms with Crippen molar-refractivity contribution in [1.82, 2.24) is 0 Å². The molecule has 0 fully saturated rings. The van der Waals surface area contributed by atoms with Crippen molar-refractivity contribution in [3.05, 3.63) is 59.7 Å². The quantitative estimate of drug-likeness (QED) is 0.879. The summed E-state index contributed by atoms with van der Waals surface area (Å²) >= 11 is 3.11. The van der Waals surface area contributed by atoms with E-state index in [4.69, 9.17) is 5.26 Å². The van der Waals surface area contributed by atoms with Gasteiger partial charge in [0.25, 0.3) is 0 Å². The molecule has 120 valence electrons. The molecule has 24 heavy (non-hydrogen) atoms. The van der Waals surface area contributed by atoms with E-state index < -0.39 is 0 Å². The lowest BCUT2D eigenvalue weighted by atomic mass is 10.2. The highest BCUT2D eigenvalue weighted by Crippen LogP contribution is 2.35. The fraction of sp³-hybridized carbons (Fsp3) is 0.167. The zero-order valence-electron chi connectivity index (χ0n) is 13.0. The number of nitrogens with zero attached hydrogens (tertiary/aromatic N) is 2. The Hall–Kier alpha value is -2.23. The summed E-state index contributed by atoms with van der Waals surface area (Å²) < 4.78 is 0.905. The molecule has 1 atom stereocenters. The molecule has 6 heteroatoms. The first-order valence-electron chi connectivity index (χ1n) is 7.43. The average Bonchev–Trinajstić information content (AvgIpc) is 2.61. The minimum absolute atomic E-state index is 0.0998. The predicted molar refractivity (Wildman–Crippen MR) is 102 cm³/mol. The highest BCUT2D eigenvalue weighted by atomic mass is 32.2. The highest BCUT2D eigenvalue weighted by Gasteiger charge is 2.20. The molecule has 0 saturated heterocycles. The van der Waals surface area contributed by atoms with E-state index in [-0.39, 0.29) is 11.2 Å². The standard InChI is InChI=1S/C18H15N3OS2/c1-12(17(22)20-15-7-4-5-13(9-15)10-19)24-18-21-16-8-3-2-6-14(16)11-23-18/h2-9,12H,11H2,1H3,(H,20,22)/t12-/m0/s1. The van der Waals surface area contributed by atoms with Crippen LogP contribution in [0, 0.1) is 11.3 Å².